The molecule has 2 aliphatic rings. The summed E-state index contributed by atoms with van der Waals surface area (Å²) in [6.45, 7) is 5.14. The third kappa shape index (κ3) is 4.47. The minimum atomic E-state index is -2.07. The molecule has 0 aliphatic carbocycles. The third-order valence-corrected chi connectivity index (χ3v) is 6.82. The molecule has 40 heavy (non-hydrogen) atoms. The molecule has 1 atom stereocenters. The van der Waals surface area contributed by atoms with Crippen LogP contribution in [0.2, 0.25) is 10.0 Å². The maximum Gasteiger partial charge on any atom is 0.412 e. The summed E-state index contributed by atoms with van der Waals surface area (Å²) in [7, 11) is 0. The van der Waals surface area contributed by atoms with Gasteiger partial charge in [0.05, 0.1) is 5.57 Å². The first-order chi connectivity index (χ1) is 18.8. The van der Waals surface area contributed by atoms with Gasteiger partial charge in [-0.25, -0.2) is 4.79 Å². The molecule has 1 fully saturated rings. The van der Waals surface area contributed by atoms with E-state index < -0.39 is 46.2 Å². The monoisotopic (exact) mass is 579 g/mol. The Morgan fingerprint density at radius 2 is 1.68 bits per heavy atom. The first kappa shape index (κ1) is 27.2. The Kier molecular flexibility index (Phi) is 6.60. The van der Waals surface area contributed by atoms with E-state index in [9.17, 15) is 24.3 Å². The molecule has 2 heterocycles. The zero-order valence-electron chi connectivity index (χ0n) is 21.5. The minimum Gasteiger partial charge on any atom is -0.507 e. The maximum atomic E-state index is 13.9. The van der Waals surface area contributed by atoms with Crippen LogP contribution in [0.5, 0.6) is 0 Å². The van der Waals surface area contributed by atoms with E-state index in [4.69, 9.17) is 27.9 Å². The number of aliphatic hydroxyl groups excluding tert-OH is 1. The van der Waals surface area contributed by atoms with Gasteiger partial charge in [-0.3, -0.25) is 24.6 Å². The summed E-state index contributed by atoms with van der Waals surface area (Å²) in [4.78, 5) is 54.5. The van der Waals surface area contributed by atoms with Gasteiger partial charge in [-0.1, -0.05) is 47.5 Å². The quantitative estimate of drug-likeness (QED) is 0.196. The summed E-state index contributed by atoms with van der Waals surface area (Å²) < 4.78 is 5.28. The Balaban J connectivity index is 1.72. The van der Waals surface area contributed by atoms with E-state index in [1.54, 1.807) is 39.0 Å². The third-order valence-electron chi connectivity index (χ3n) is 6.35. The molecular formula is C29H23Cl2N3O6. The second-order valence-corrected chi connectivity index (χ2v) is 11.1. The van der Waals surface area contributed by atoms with E-state index in [-0.39, 0.29) is 33.2 Å². The SMILES string of the molecule is CC(C)(C)OC(=O)Nc1cccc(C(O)=C2C(=O)C(=O)N(c3cccc(Cl)c3)C23C(=O)Nc2cc(Cl)ccc23)c1. The number of fused-ring (bicyclic) bond motifs is 2. The molecule has 3 amide bonds. The lowest BCUT2D eigenvalue weighted by Crippen LogP contribution is -2.49. The summed E-state index contributed by atoms with van der Waals surface area (Å²) in [5, 5.41) is 17.5. The Bertz CT molecular complexity index is 1640. The molecule has 1 spiro atoms. The van der Waals surface area contributed by atoms with E-state index >= 15 is 0 Å². The average Bonchev–Trinajstić information content (AvgIpc) is 3.27. The van der Waals surface area contributed by atoms with Gasteiger partial charge >= 0.3 is 12.0 Å². The number of ether oxygens (including phenoxy) is 1. The van der Waals surface area contributed by atoms with Crippen molar-refractivity contribution in [3.8, 4) is 0 Å². The van der Waals surface area contributed by atoms with Crippen LogP contribution in [0.25, 0.3) is 5.76 Å². The van der Waals surface area contributed by atoms with Crippen LogP contribution >= 0.6 is 23.2 Å². The van der Waals surface area contributed by atoms with E-state index in [1.165, 1.54) is 48.5 Å². The number of ketones is 1. The van der Waals surface area contributed by atoms with E-state index in [1.807, 2.05) is 0 Å². The summed E-state index contributed by atoms with van der Waals surface area (Å²) in [6.07, 6.45) is -0.728. The van der Waals surface area contributed by atoms with Crippen molar-refractivity contribution in [3.05, 3.63) is 93.5 Å². The van der Waals surface area contributed by atoms with E-state index in [2.05, 4.69) is 10.6 Å². The first-order valence-corrected chi connectivity index (χ1v) is 12.9. The number of rotatable bonds is 3. The van der Waals surface area contributed by atoms with Gasteiger partial charge in [0.2, 0.25) is 0 Å². The van der Waals surface area contributed by atoms with Crippen LogP contribution in [-0.2, 0) is 24.7 Å². The highest BCUT2D eigenvalue weighted by Gasteiger charge is 2.66. The van der Waals surface area contributed by atoms with Gasteiger partial charge in [-0.15, -0.1) is 0 Å². The summed E-state index contributed by atoms with van der Waals surface area (Å²) in [5.41, 5.74) is -2.25. The Morgan fingerprint density at radius 3 is 2.38 bits per heavy atom. The molecule has 204 valence electrons. The molecule has 1 saturated heterocycles. The standard InChI is InChI=1S/C29H23Cl2N3O6/c1-28(2,3)40-27(39)32-18-8-4-6-15(12-18)23(35)22-24(36)25(37)34(19-9-5-7-16(30)13-19)29(22)20-11-10-17(31)14-21(20)33-26(29)38/h4-14,35H,1-3H3,(H,32,39)(H,33,38). The number of anilines is 3. The largest absolute Gasteiger partial charge is 0.507 e. The number of nitrogens with zero attached hydrogens (tertiary/aromatic N) is 1. The highest BCUT2D eigenvalue weighted by molar-refractivity contribution is 6.55. The number of halogens is 2. The molecule has 0 aromatic heterocycles. The van der Waals surface area contributed by atoms with Crippen molar-refractivity contribution < 1.29 is 29.0 Å². The van der Waals surface area contributed by atoms with Gasteiger partial charge < -0.3 is 15.2 Å². The van der Waals surface area contributed by atoms with Gasteiger partial charge in [-0.2, -0.15) is 0 Å². The van der Waals surface area contributed by atoms with Crippen LogP contribution in [0.4, 0.5) is 21.9 Å². The topological polar surface area (TPSA) is 125 Å². The maximum absolute atomic E-state index is 13.9. The van der Waals surface area contributed by atoms with Crippen molar-refractivity contribution in [2.75, 3.05) is 15.5 Å². The molecule has 1 unspecified atom stereocenters. The van der Waals surface area contributed by atoms with Gasteiger partial charge in [-0.05, 0) is 63.2 Å². The molecule has 0 bridgehead atoms. The lowest BCUT2D eigenvalue weighted by Gasteiger charge is -2.33. The van der Waals surface area contributed by atoms with Crippen LogP contribution in [0.15, 0.2) is 72.3 Å². The zero-order valence-corrected chi connectivity index (χ0v) is 23.1. The van der Waals surface area contributed by atoms with Crippen LogP contribution in [0, 0.1) is 0 Å². The number of benzene rings is 3. The minimum absolute atomic E-state index is 0.0761. The average molecular weight is 580 g/mol. The number of Topliss-reactive ketones (excluding diaryl/α,β-unsaturated/α-hetero) is 1. The Morgan fingerprint density at radius 1 is 0.975 bits per heavy atom. The second kappa shape index (κ2) is 9.69. The van der Waals surface area contributed by atoms with Gasteiger partial charge in [0.25, 0.3) is 11.7 Å². The molecule has 5 rings (SSSR count). The van der Waals surface area contributed by atoms with Gasteiger partial charge in [0.1, 0.15) is 11.4 Å². The molecule has 2 aliphatic heterocycles. The van der Waals surface area contributed by atoms with Crippen molar-refractivity contribution in [2.45, 2.75) is 31.9 Å². The Labute approximate surface area is 239 Å². The molecule has 9 nitrogen and oxygen atoms in total. The fourth-order valence-corrected chi connectivity index (χ4v) is 5.25. The predicted molar refractivity (Wildman–Crippen MR) is 152 cm³/mol. The number of amides is 3. The Hall–Kier alpha value is -4.34. The normalized spacial score (nSPS) is 19.5. The first-order valence-electron chi connectivity index (χ1n) is 12.1. The summed E-state index contributed by atoms with van der Waals surface area (Å²) in [6, 6.07) is 16.6. The molecule has 3 N–H and O–H groups in total. The molecule has 0 radical (unpaired) electrons. The molecule has 0 saturated carbocycles. The van der Waals surface area contributed by atoms with E-state index in [0.717, 1.165) is 4.90 Å². The van der Waals surface area contributed by atoms with Crippen LogP contribution in [0.3, 0.4) is 0 Å². The molecule has 11 heteroatoms. The highest BCUT2D eigenvalue weighted by atomic mass is 35.5. The van der Waals surface area contributed by atoms with Crippen molar-refractivity contribution in [1.29, 1.82) is 0 Å². The van der Waals surface area contributed by atoms with Crippen LogP contribution in [-0.4, -0.2) is 34.4 Å². The fraction of sp³-hybridized carbons (Fsp3) is 0.172. The fourth-order valence-electron chi connectivity index (χ4n) is 4.89. The second-order valence-electron chi connectivity index (χ2n) is 10.2. The summed E-state index contributed by atoms with van der Waals surface area (Å²) >= 11 is 12.4. The van der Waals surface area contributed by atoms with Gasteiger partial charge in [0.15, 0.2) is 5.54 Å². The number of hydrogen-bond acceptors (Lipinski definition) is 6. The lowest BCUT2D eigenvalue weighted by atomic mass is 9.81. The number of carbonyl (C=O) groups is 4. The van der Waals surface area contributed by atoms with Crippen molar-refractivity contribution >= 4 is 69.7 Å². The smallest absolute Gasteiger partial charge is 0.412 e. The van der Waals surface area contributed by atoms with Crippen LogP contribution < -0.4 is 15.5 Å². The number of aliphatic hydroxyl groups is 1. The molecule has 3 aromatic carbocycles. The summed E-state index contributed by atoms with van der Waals surface area (Å²) in [5.74, 6) is -3.48. The molecule has 3 aromatic rings. The van der Waals surface area contributed by atoms with Crippen molar-refractivity contribution in [1.82, 2.24) is 0 Å². The molecular weight excluding hydrogens is 557 g/mol. The lowest BCUT2D eigenvalue weighted by molar-refractivity contribution is -0.132. The number of carbonyl (C=O) groups excluding carboxylic acids is 4. The van der Waals surface area contributed by atoms with Crippen molar-refractivity contribution in [2.24, 2.45) is 0 Å². The van der Waals surface area contributed by atoms with Crippen molar-refractivity contribution in [3.63, 3.8) is 0 Å². The highest BCUT2D eigenvalue weighted by Crippen LogP contribution is 2.53. The van der Waals surface area contributed by atoms with E-state index in [0.29, 0.717) is 5.02 Å². The van der Waals surface area contributed by atoms with Crippen LogP contribution in [0.1, 0.15) is 31.9 Å². The zero-order chi connectivity index (χ0) is 29.0. The number of hydrogen-bond donors (Lipinski definition) is 3. The van der Waals surface area contributed by atoms with Gasteiger partial charge in [0, 0.05) is 38.2 Å². The number of nitrogens with one attached hydrogen (secondary N) is 2. The predicted octanol–water partition coefficient (Wildman–Crippen LogP) is 6.07.